The predicted octanol–water partition coefficient (Wildman–Crippen LogP) is 5.08. The molecule has 0 radical (unpaired) electrons. The van der Waals surface area contributed by atoms with Crippen LogP contribution in [0.3, 0.4) is 0 Å². The minimum absolute atomic E-state index is 0.333. The summed E-state index contributed by atoms with van der Waals surface area (Å²) in [4.78, 5) is 0. The molecule has 0 N–H and O–H groups in total. The normalized spacial score (nSPS) is 12.0. The highest BCUT2D eigenvalue weighted by molar-refractivity contribution is 6.31. The molecule has 0 aliphatic carbocycles. The summed E-state index contributed by atoms with van der Waals surface area (Å²) < 4.78 is 0. The molecule has 0 bridgehead atoms. The van der Waals surface area contributed by atoms with Gasteiger partial charge in [0.05, 0.1) is 0 Å². The Morgan fingerprint density at radius 1 is 0.938 bits per heavy atom. The molecule has 0 aromatic heterocycles. The second kappa shape index (κ2) is 4.10. The van der Waals surface area contributed by atoms with E-state index in [1.54, 1.807) is 0 Å². The second-order valence-corrected chi connectivity index (χ2v) is 6.00. The zero-order chi connectivity index (χ0) is 11.8. The van der Waals surface area contributed by atoms with Crippen LogP contribution in [0.1, 0.15) is 26.3 Å². The first-order valence-electron chi connectivity index (χ1n) is 5.62. The molecule has 0 aliphatic rings. The van der Waals surface area contributed by atoms with Crippen LogP contribution in [-0.2, 0) is 6.42 Å². The largest absolute Gasteiger partial charge is 0.0843 e. The van der Waals surface area contributed by atoms with Crippen molar-refractivity contribution in [2.75, 3.05) is 0 Å². The molecule has 0 unspecified atom stereocenters. The molecular formula is C15H17Cl. The lowest BCUT2D eigenvalue weighted by atomic mass is 9.87. The van der Waals surface area contributed by atoms with E-state index < -0.39 is 0 Å². The number of halogens is 1. The van der Waals surface area contributed by atoms with E-state index in [0.29, 0.717) is 5.41 Å². The van der Waals surface area contributed by atoms with Crippen molar-refractivity contribution in [2.45, 2.75) is 27.2 Å². The van der Waals surface area contributed by atoms with Crippen molar-refractivity contribution in [3.63, 3.8) is 0 Å². The van der Waals surface area contributed by atoms with E-state index in [4.69, 9.17) is 11.6 Å². The molecule has 0 saturated heterocycles. The van der Waals surface area contributed by atoms with Crippen molar-refractivity contribution >= 4 is 22.4 Å². The standard InChI is InChI=1S/C15H17Cl/c1-15(2,3)10-11-4-5-13-9-14(16)7-6-12(13)8-11/h4-9H,10H2,1-3H3. The van der Waals surface area contributed by atoms with Crippen LogP contribution in [0.15, 0.2) is 36.4 Å². The molecule has 84 valence electrons. The number of benzene rings is 2. The molecular weight excluding hydrogens is 216 g/mol. The van der Waals surface area contributed by atoms with Gasteiger partial charge >= 0.3 is 0 Å². The zero-order valence-electron chi connectivity index (χ0n) is 10.0. The minimum Gasteiger partial charge on any atom is -0.0843 e. The van der Waals surface area contributed by atoms with Gasteiger partial charge in [0.2, 0.25) is 0 Å². The Kier molecular flexibility index (Phi) is 2.94. The van der Waals surface area contributed by atoms with E-state index in [1.165, 1.54) is 16.3 Å². The molecule has 2 aromatic rings. The summed E-state index contributed by atoms with van der Waals surface area (Å²) >= 11 is 5.96. The first-order valence-corrected chi connectivity index (χ1v) is 6.00. The first-order chi connectivity index (χ1) is 7.44. The van der Waals surface area contributed by atoms with Crippen molar-refractivity contribution in [3.8, 4) is 0 Å². The van der Waals surface area contributed by atoms with E-state index in [-0.39, 0.29) is 0 Å². The van der Waals surface area contributed by atoms with Crippen LogP contribution >= 0.6 is 11.6 Å². The molecule has 0 atom stereocenters. The monoisotopic (exact) mass is 232 g/mol. The third-order valence-electron chi connectivity index (χ3n) is 2.60. The molecule has 0 nitrogen and oxygen atoms in total. The van der Waals surface area contributed by atoms with Crippen LogP contribution in [0.5, 0.6) is 0 Å². The van der Waals surface area contributed by atoms with Gasteiger partial charge in [-0.05, 0) is 40.3 Å². The summed E-state index contributed by atoms with van der Waals surface area (Å²) in [6.07, 6.45) is 1.10. The van der Waals surface area contributed by atoms with Crippen molar-refractivity contribution < 1.29 is 0 Å². The molecule has 0 fully saturated rings. The molecule has 2 aromatic carbocycles. The van der Waals surface area contributed by atoms with Gasteiger partial charge in [-0.1, -0.05) is 56.6 Å². The highest BCUT2D eigenvalue weighted by atomic mass is 35.5. The van der Waals surface area contributed by atoms with E-state index >= 15 is 0 Å². The summed E-state index contributed by atoms with van der Waals surface area (Å²) in [5, 5.41) is 3.28. The Hall–Kier alpha value is -1.01. The molecule has 16 heavy (non-hydrogen) atoms. The van der Waals surface area contributed by atoms with Gasteiger partial charge in [-0.15, -0.1) is 0 Å². The van der Waals surface area contributed by atoms with E-state index in [2.05, 4.69) is 45.0 Å². The Bertz CT molecular complexity index is 506. The number of fused-ring (bicyclic) bond motifs is 1. The lowest BCUT2D eigenvalue weighted by molar-refractivity contribution is 0.411. The molecule has 0 spiro atoms. The summed E-state index contributed by atoms with van der Waals surface area (Å²) in [6, 6.07) is 12.7. The fourth-order valence-corrected chi connectivity index (χ4v) is 2.17. The molecule has 0 aliphatic heterocycles. The third kappa shape index (κ3) is 2.76. The van der Waals surface area contributed by atoms with Crippen LogP contribution in [0.4, 0.5) is 0 Å². The molecule has 0 heterocycles. The lowest BCUT2D eigenvalue weighted by Gasteiger charge is -2.18. The van der Waals surface area contributed by atoms with Crippen molar-refractivity contribution in [2.24, 2.45) is 5.41 Å². The Morgan fingerprint density at radius 2 is 1.56 bits per heavy atom. The van der Waals surface area contributed by atoms with Crippen molar-refractivity contribution in [3.05, 3.63) is 47.0 Å². The maximum absolute atomic E-state index is 5.96. The zero-order valence-corrected chi connectivity index (χ0v) is 10.8. The first kappa shape index (κ1) is 11.5. The fourth-order valence-electron chi connectivity index (χ4n) is 1.99. The average molecular weight is 233 g/mol. The lowest BCUT2D eigenvalue weighted by Crippen LogP contribution is -2.08. The molecule has 1 heteroatoms. The van der Waals surface area contributed by atoms with Crippen molar-refractivity contribution in [1.82, 2.24) is 0 Å². The molecule has 0 saturated carbocycles. The van der Waals surface area contributed by atoms with Gasteiger partial charge in [0, 0.05) is 5.02 Å². The van der Waals surface area contributed by atoms with E-state index in [9.17, 15) is 0 Å². The van der Waals surface area contributed by atoms with Crippen LogP contribution < -0.4 is 0 Å². The Morgan fingerprint density at radius 3 is 2.25 bits per heavy atom. The van der Waals surface area contributed by atoms with Gasteiger partial charge < -0.3 is 0 Å². The summed E-state index contributed by atoms with van der Waals surface area (Å²) in [5.41, 5.74) is 1.72. The van der Waals surface area contributed by atoms with Gasteiger partial charge in [-0.2, -0.15) is 0 Å². The van der Waals surface area contributed by atoms with Crippen LogP contribution in [-0.4, -0.2) is 0 Å². The highest BCUT2D eigenvalue weighted by Gasteiger charge is 2.11. The Balaban J connectivity index is 2.41. The maximum Gasteiger partial charge on any atom is 0.0412 e. The maximum atomic E-state index is 5.96. The van der Waals surface area contributed by atoms with E-state index in [1.807, 2.05) is 12.1 Å². The third-order valence-corrected chi connectivity index (χ3v) is 2.84. The van der Waals surface area contributed by atoms with Gasteiger partial charge in [0.25, 0.3) is 0 Å². The fraction of sp³-hybridized carbons (Fsp3) is 0.333. The quantitative estimate of drug-likeness (QED) is 0.643. The van der Waals surface area contributed by atoms with Crippen LogP contribution in [0, 0.1) is 5.41 Å². The van der Waals surface area contributed by atoms with Gasteiger partial charge in [-0.25, -0.2) is 0 Å². The predicted molar refractivity (Wildman–Crippen MR) is 72.1 cm³/mol. The van der Waals surface area contributed by atoms with Crippen LogP contribution in [0.2, 0.25) is 5.02 Å². The second-order valence-electron chi connectivity index (χ2n) is 5.56. The highest BCUT2D eigenvalue weighted by Crippen LogP contribution is 2.25. The number of rotatable bonds is 1. The number of hydrogen-bond acceptors (Lipinski definition) is 0. The summed E-state index contributed by atoms with van der Waals surface area (Å²) in [5.74, 6) is 0. The SMILES string of the molecule is CC(C)(C)Cc1ccc2cc(Cl)ccc2c1. The van der Waals surface area contributed by atoms with Crippen LogP contribution in [0.25, 0.3) is 10.8 Å². The average Bonchev–Trinajstić information content (AvgIpc) is 2.16. The van der Waals surface area contributed by atoms with Gasteiger partial charge in [0.1, 0.15) is 0 Å². The summed E-state index contributed by atoms with van der Waals surface area (Å²) in [6.45, 7) is 6.79. The molecule has 2 rings (SSSR count). The van der Waals surface area contributed by atoms with E-state index in [0.717, 1.165) is 11.4 Å². The topological polar surface area (TPSA) is 0 Å². The summed E-state index contributed by atoms with van der Waals surface area (Å²) in [7, 11) is 0. The van der Waals surface area contributed by atoms with Gasteiger partial charge in [-0.3, -0.25) is 0 Å². The minimum atomic E-state index is 0.333. The molecule has 0 amide bonds. The van der Waals surface area contributed by atoms with Gasteiger partial charge in [0.15, 0.2) is 0 Å². The Labute approximate surface area is 102 Å². The van der Waals surface area contributed by atoms with Crippen molar-refractivity contribution in [1.29, 1.82) is 0 Å². The smallest absolute Gasteiger partial charge is 0.0412 e. The number of hydrogen-bond donors (Lipinski definition) is 0.